The molecular formula is C14H22ClNO2. The summed E-state index contributed by atoms with van der Waals surface area (Å²) >= 11 is 0. The summed E-state index contributed by atoms with van der Waals surface area (Å²) in [6.07, 6.45) is 0.776. The Balaban J connectivity index is 0.00000289. The molecule has 0 aliphatic heterocycles. The van der Waals surface area contributed by atoms with E-state index in [1.54, 1.807) is 7.11 Å². The van der Waals surface area contributed by atoms with Gasteiger partial charge in [-0.1, -0.05) is 11.6 Å². The van der Waals surface area contributed by atoms with E-state index < -0.39 is 0 Å². The monoisotopic (exact) mass is 271 g/mol. The molecule has 102 valence electrons. The van der Waals surface area contributed by atoms with Gasteiger partial charge in [0, 0.05) is 6.04 Å². The first-order valence-electron chi connectivity index (χ1n) is 5.79. The Morgan fingerprint density at radius 3 is 2.56 bits per heavy atom. The van der Waals surface area contributed by atoms with E-state index in [4.69, 9.17) is 15.2 Å². The highest BCUT2D eigenvalue weighted by Gasteiger charge is 2.10. The first-order valence-corrected chi connectivity index (χ1v) is 5.79. The van der Waals surface area contributed by atoms with Crippen molar-refractivity contribution in [3.05, 3.63) is 35.9 Å². The SMILES string of the molecule is C=C(C)C[C@H](N)c1ccc(OC)c(OCC)c1.Cl. The molecule has 1 aromatic rings. The minimum absolute atomic E-state index is 0. The fourth-order valence-corrected chi connectivity index (χ4v) is 1.69. The Labute approximate surface area is 115 Å². The van der Waals surface area contributed by atoms with Crippen LogP contribution in [0.5, 0.6) is 11.5 Å². The fourth-order valence-electron chi connectivity index (χ4n) is 1.69. The van der Waals surface area contributed by atoms with Crippen LogP contribution in [0.3, 0.4) is 0 Å². The van der Waals surface area contributed by atoms with Crippen LogP contribution >= 0.6 is 12.4 Å². The fraction of sp³-hybridized carbons (Fsp3) is 0.429. The van der Waals surface area contributed by atoms with Gasteiger partial charge in [0.1, 0.15) is 0 Å². The maximum absolute atomic E-state index is 6.10. The maximum atomic E-state index is 6.10. The number of halogens is 1. The quantitative estimate of drug-likeness (QED) is 0.806. The zero-order valence-electron chi connectivity index (χ0n) is 11.2. The normalized spacial score (nSPS) is 11.3. The van der Waals surface area contributed by atoms with Crippen LogP contribution in [0.2, 0.25) is 0 Å². The second kappa shape index (κ2) is 8.01. The van der Waals surface area contributed by atoms with Crippen molar-refractivity contribution in [1.82, 2.24) is 0 Å². The van der Waals surface area contributed by atoms with Crippen molar-refractivity contribution in [1.29, 1.82) is 0 Å². The molecule has 0 bridgehead atoms. The number of methoxy groups -OCH3 is 1. The molecule has 0 radical (unpaired) electrons. The lowest BCUT2D eigenvalue weighted by molar-refractivity contribution is 0.310. The lowest BCUT2D eigenvalue weighted by Gasteiger charge is -2.15. The van der Waals surface area contributed by atoms with Gasteiger partial charge < -0.3 is 15.2 Å². The van der Waals surface area contributed by atoms with Gasteiger partial charge in [0.05, 0.1) is 13.7 Å². The predicted molar refractivity (Wildman–Crippen MR) is 77.8 cm³/mol. The molecule has 0 saturated heterocycles. The van der Waals surface area contributed by atoms with Gasteiger partial charge in [-0.25, -0.2) is 0 Å². The van der Waals surface area contributed by atoms with Crippen molar-refractivity contribution in [2.45, 2.75) is 26.3 Å². The average molecular weight is 272 g/mol. The van der Waals surface area contributed by atoms with Crippen LogP contribution in [0.15, 0.2) is 30.4 Å². The highest BCUT2D eigenvalue weighted by Crippen LogP contribution is 2.31. The van der Waals surface area contributed by atoms with E-state index in [9.17, 15) is 0 Å². The number of nitrogens with two attached hydrogens (primary N) is 1. The first-order chi connectivity index (χ1) is 8.08. The van der Waals surface area contributed by atoms with Gasteiger partial charge in [-0.2, -0.15) is 0 Å². The molecule has 1 atom stereocenters. The van der Waals surface area contributed by atoms with E-state index in [0.29, 0.717) is 6.61 Å². The number of ether oxygens (including phenoxy) is 2. The summed E-state index contributed by atoms with van der Waals surface area (Å²) in [5, 5.41) is 0. The second-order valence-corrected chi connectivity index (χ2v) is 4.11. The van der Waals surface area contributed by atoms with Crippen LogP contribution < -0.4 is 15.2 Å². The molecule has 18 heavy (non-hydrogen) atoms. The Morgan fingerprint density at radius 2 is 2.06 bits per heavy atom. The highest BCUT2D eigenvalue weighted by molar-refractivity contribution is 5.85. The molecule has 0 fully saturated rings. The van der Waals surface area contributed by atoms with E-state index in [-0.39, 0.29) is 18.4 Å². The molecule has 3 nitrogen and oxygen atoms in total. The van der Waals surface area contributed by atoms with Crippen LogP contribution in [-0.2, 0) is 0 Å². The van der Waals surface area contributed by atoms with Gasteiger partial charge in [-0.3, -0.25) is 0 Å². The number of benzene rings is 1. The minimum atomic E-state index is -0.0439. The number of rotatable bonds is 6. The largest absolute Gasteiger partial charge is 0.493 e. The van der Waals surface area contributed by atoms with Crippen molar-refractivity contribution < 1.29 is 9.47 Å². The molecule has 0 spiro atoms. The molecule has 0 aliphatic carbocycles. The molecule has 1 aromatic carbocycles. The van der Waals surface area contributed by atoms with Crippen LogP contribution in [0.1, 0.15) is 31.9 Å². The summed E-state index contributed by atoms with van der Waals surface area (Å²) < 4.78 is 10.8. The van der Waals surface area contributed by atoms with Gasteiger partial charge in [-0.05, 0) is 38.0 Å². The van der Waals surface area contributed by atoms with Crippen LogP contribution in [0.4, 0.5) is 0 Å². The third-order valence-electron chi connectivity index (χ3n) is 2.48. The topological polar surface area (TPSA) is 44.5 Å². The van der Waals surface area contributed by atoms with Crippen molar-refractivity contribution in [2.24, 2.45) is 5.73 Å². The summed E-state index contributed by atoms with van der Waals surface area (Å²) in [6.45, 7) is 8.41. The van der Waals surface area contributed by atoms with Gasteiger partial charge in [-0.15, -0.1) is 19.0 Å². The molecule has 0 amide bonds. The molecular weight excluding hydrogens is 250 g/mol. The van der Waals surface area contributed by atoms with E-state index >= 15 is 0 Å². The summed E-state index contributed by atoms with van der Waals surface area (Å²) in [6, 6.07) is 5.75. The van der Waals surface area contributed by atoms with Crippen LogP contribution in [0, 0.1) is 0 Å². The van der Waals surface area contributed by atoms with E-state index in [1.807, 2.05) is 32.0 Å². The Kier molecular flexibility index (Phi) is 7.48. The third-order valence-corrected chi connectivity index (χ3v) is 2.48. The summed E-state index contributed by atoms with van der Waals surface area (Å²) in [5.74, 6) is 1.47. The molecule has 0 unspecified atom stereocenters. The number of hydrogen-bond acceptors (Lipinski definition) is 3. The second-order valence-electron chi connectivity index (χ2n) is 4.11. The smallest absolute Gasteiger partial charge is 0.161 e. The van der Waals surface area contributed by atoms with Gasteiger partial charge in [0.15, 0.2) is 11.5 Å². The summed E-state index contributed by atoms with van der Waals surface area (Å²) in [5.41, 5.74) is 8.21. The Hall–Kier alpha value is -1.19. The van der Waals surface area contributed by atoms with Crippen molar-refractivity contribution in [2.75, 3.05) is 13.7 Å². The lowest BCUT2D eigenvalue weighted by atomic mass is 10.0. The molecule has 0 aliphatic rings. The van der Waals surface area contributed by atoms with Crippen molar-refractivity contribution >= 4 is 12.4 Å². The lowest BCUT2D eigenvalue weighted by Crippen LogP contribution is -2.10. The molecule has 0 aromatic heterocycles. The molecule has 4 heteroatoms. The van der Waals surface area contributed by atoms with Gasteiger partial charge in [0.2, 0.25) is 0 Å². The number of hydrogen-bond donors (Lipinski definition) is 1. The highest BCUT2D eigenvalue weighted by atomic mass is 35.5. The standard InChI is InChI=1S/C14H21NO2.ClH/c1-5-17-14-9-11(6-7-13(14)16-4)12(15)8-10(2)3;/h6-7,9,12H,2,5,8,15H2,1,3-4H3;1H/t12-;/m0./s1. The van der Waals surface area contributed by atoms with E-state index in [0.717, 1.165) is 29.1 Å². The van der Waals surface area contributed by atoms with Gasteiger partial charge in [0.25, 0.3) is 0 Å². The predicted octanol–water partition coefficient (Wildman–Crippen LogP) is 3.48. The van der Waals surface area contributed by atoms with Crippen molar-refractivity contribution in [3.8, 4) is 11.5 Å². The molecule has 1 rings (SSSR count). The molecule has 2 N–H and O–H groups in total. The van der Waals surface area contributed by atoms with Crippen molar-refractivity contribution in [3.63, 3.8) is 0 Å². The Bertz CT molecular complexity index is 393. The molecule has 0 saturated carbocycles. The van der Waals surface area contributed by atoms with Crippen LogP contribution in [-0.4, -0.2) is 13.7 Å². The average Bonchev–Trinajstić information content (AvgIpc) is 2.28. The first kappa shape index (κ1) is 16.8. The third kappa shape index (κ3) is 4.59. The van der Waals surface area contributed by atoms with Crippen LogP contribution in [0.25, 0.3) is 0 Å². The Morgan fingerprint density at radius 1 is 1.39 bits per heavy atom. The maximum Gasteiger partial charge on any atom is 0.161 e. The zero-order valence-corrected chi connectivity index (χ0v) is 12.0. The minimum Gasteiger partial charge on any atom is -0.493 e. The zero-order chi connectivity index (χ0) is 12.8. The molecule has 0 heterocycles. The summed E-state index contributed by atoms with van der Waals surface area (Å²) in [4.78, 5) is 0. The summed E-state index contributed by atoms with van der Waals surface area (Å²) in [7, 11) is 1.63. The van der Waals surface area contributed by atoms with Gasteiger partial charge >= 0.3 is 0 Å². The van der Waals surface area contributed by atoms with E-state index in [1.165, 1.54) is 0 Å². The van der Waals surface area contributed by atoms with E-state index in [2.05, 4.69) is 6.58 Å².